The van der Waals surface area contributed by atoms with Crippen LogP contribution in [0.4, 0.5) is 4.39 Å². The van der Waals surface area contributed by atoms with Gasteiger partial charge in [-0.3, -0.25) is 9.59 Å². The molecule has 0 radical (unpaired) electrons. The van der Waals surface area contributed by atoms with Crippen molar-refractivity contribution in [2.24, 2.45) is 0 Å². The molecule has 0 aliphatic rings. The molecule has 0 saturated carbocycles. The van der Waals surface area contributed by atoms with Gasteiger partial charge in [0.15, 0.2) is 12.7 Å². The lowest BCUT2D eigenvalue weighted by Gasteiger charge is -2.17. The molecule has 1 N–H and O–H groups in total. The largest absolute Gasteiger partial charge is 0.479 e. The first-order valence-electron chi connectivity index (χ1n) is 6.87. The molecular formula is C15H19FN2O5. The van der Waals surface area contributed by atoms with Crippen LogP contribution in [-0.4, -0.2) is 56.0 Å². The lowest BCUT2D eigenvalue weighted by Crippen LogP contribution is -2.39. The predicted octanol–water partition coefficient (Wildman–Crippen LogP) is 0.341. The number of likely N-dealkylation sites (N-methyl/N-ethyl adjacent to an activating group) is 2. The molecule has 0 aromatic heterocycles. The number of hydrogen-bond acceptors (Lipinski definition) is 5. The summed E-state index contributed by atoms with van der Waals surface area (Å²) in [5, 5.41) is 2.38. The fraction of sp³-hybridized carbons (Fsp3) is 0.400. The van der Waals surface area contributed by atoms with Gasteiger partial charge in [0.05, 0.1) is 6.54 Å². The zero-order valence-corrected chi connectivity index (χ0v) is 13.2. The van der Waals surface area contributed by atoms with E-state index in [1.165, 1.54) is 45.3 Å². The molecule has 1 aromatic carbocycles. The minimum Gasteiger partial charge on any atom is -0.479 e. The molecular weight excluding hydrogens is 307 g/mol. The van der Waals surface area contributed by atoms with Gasteiger partial charge in [-0.15, -0.1) is 0 Å². The maximum Gasteiger partial charge on any atom is 0.347 e. The maximum atomic E-state index is 12.8. The quantitative estimate of drug-likeness (QED) is 0.731. The Morgan fingerprint density at radius 1 is 1.26 bits per heavy atom. The molecule has 23 heavy (non-hydrogen) atoms. The molecule has 1 atom stereocenters. The minimum atomic E-state index is -0.961. The van der Waals surface area contributed by atoms with E-state index in [4.69, 9.17) is 9.47 Å². The Kier molecular flexibility index (Phi) is 6.98. The monoisotopic (exact) mass is 326 g/mol. The van der Waals surface area contributed by atoms with E-state index in [0.29, 0.717) is 5.75 Å². The summed E-state index contributed by atoms with van der Waals surface area (Å²) in [5.74, 6) is -1.71. The zero-order chi connectivity index (χ0) is 17.4. The Morgan fingerprint density at radius 2 is 1.87 bits per heavy atom. The fourth-order valence-corrected chi connectivity index (χ4v) is 1.51. The van der Waals surface area contributed by atoms with E-state index in [2.05, 4.69) is 5.32 Å². The second kappa shape index (κ2) is 8.72. The van der Waals surface area contributed by atoms with E-state index in [9.17, 15) is 18.8 Å². The highest BCUT2D eigenvalue weighted by atomic mass is 19.1. The minimum absolute atomic E-state index is 0.130. The van der Waals surface area contributed by atoms with Gasteiger partial charge in [-0.05, 0) is 31.2 Å². The number of carbonyl (C=O) groups is 3. The first kappa shape index (κ1) is 18.4. The fourth-order valence-electron chi connectivity index (χ4n) is 1.51. The van der Waals surface area contributed by atoms with Crippen molar-refractivity contribution >= 4 is 17.8 Å². The second-order valence-corrected chi connectivity index (χ2v) is 4.74. The van der Waals surface area contributed by atoms with E-state index in [1.54, 1.807) is 0 Å². The normalized spacial score (nSPS) is 11.3. The summed E-state index contributed by atoms with van der Waals surface area (Å²) >= 11 is 0. The van der Waals surface area contributed by atoms with Crippen molar-refractivity contribution in [3.63, 3.8) is 0 Å². The third kappa shape index (κ3) is 6.33. The zero-order valence-electron chi connectivity index (χ0n) is 13.2. The molecule has 0 unspecified atom stereocenters. The second-order valence-electron chi connectivity index (χ2n) is 4.74. The molecule has 1 aromatic rings. The van der Waals surface area contributed by atoms with Gasteiger partial charge in [0.2, 0.25) is 5.91 Å². The number of ether oxygens (including phenoxy) is 2. The average molecular weight is 326 g/mol. The molecule has 0 saturated heterocycles. The number of nitrogens with one attached hydrogen (secondary N) is 1. The SMILES string of the molecule is CNC(=O)CN(C)C(=O)COC(=O)[C@H](C)Oc1ccc(F)cc1. The molecule has 0 aliphatic heterocycles. The molecule has 7 nitrogen and oxygen atoms in total. The van der Waals surface area contributed by atoms with Crippen molar-refractivity contribution in [3.8, 4) is 5.75 Å². The first-order chi connectivity index (χ1) is 10.8. The number of hydrogen-bond donors (Lipinski definition) is 1. The molecule has 0 spiro atoms. The van der Waals surface area contributed by atoms with Crippen molar-refractivity contribution in [1.82, 2.24) is 10.2 Å². The van der Waals surface area contributed by atoms with Crippen LogP contribution in [0.25, 0.3) is 0 Å². The molecule has 0 heterocycles. The Balaban J connectivity index is 2.41. The summed E-state index contributed by atoms with van der Waals surface area (Å²) in [5.41, 5.74) is 0. The van der Waals surface area contributed by atoms with Gasteiger partial charge >= 0.3 is 5.97 Å². The van der Waals surface area contributed by atoms with E-state index in [1.807, 2.05) is 0 Å². The smallest absolute Gasteiger partial charge is 0.347 e. The molecule has 0 aliphatic carbocycles. The van der Waals surface area contributed by atoms with E-state index in [0.717, 1.165) is 4.90 Å². The van der Waals surface area contributed by atoms with Crippen molar-refractivity contribution in [2.45, 2.75) is 13.0 Å². The summed E-state index contributed by atoms with van der Waals surface area (Å²) < 4.78 is 22.9. The number of amides is 2. The summed E-state index contributed by atoms with van der Waals surface area (Å²) in [6, 6.07) is 5.15. The van der Waals surface area contributed by atoms with E-state index in [-0.39, 0.29) is 12.5 Å². The highest BCUT2D eigenvalue weighted by Gasteiger charge is 2.19. The van der Waals surface area contributed by atoms with Crippen molar-refractivity contribution in [3.05, 3.63) is 30.1 Å². The number of nitrogens with zero attached hydrogens (tertiary/aromatic N) is 1. The van der Waals surface area contributed by atoms with Crippen LogP contribution in [0.15, 0.2) is 24.3 Å². The van der Waals surface area contributed by atoms with Crippen LogP contribution in [0.1, 0.15) is 6.92 Å². The van der Waals surface area contributed by atoms with Crippen molar-refractivity contribution in [2.75, 3.05) is 27.2 Å². The highest BCUT2D eigenvalue weighted by Crippen LogP contribution is 2.13. The molecule has 2 amide bonds. The Hall–Kier alpha value is -2.64. The van der Waals surface area contributed by atoms with Gasteiger partial charge in [-0.1, -0.05) is 0 Å². The van der Waals surface area contributed by atoms with Gasteiger partial charge in [-0.25, -0.2) is 9.18 Å². The summed E-state index contributed by atoms with van der Waals surface area (Å²) in [6.45, 7) is 0.822. The number of esters is 1. The van der Waals surface area contributed by atoms with Gasteiger partial charge in [0.1, 0.15) is 11.6 Å². The van der Waals surface area contributed by atoms with Crippen LogP contribution in [0.3, 0.4) is 0 Å². The number of halogens is 1. The summed E-state index contributed by atoms with van der Waals surface area (Å²) in [7, 11) is 2.87. The standard InChI is InChI=1S/C15H19FN2O5/c1-10(23-12-6-4-11(16)5-7-12)15(21)22-9-14(20)18(3)8-13(19)17-2/h4-7,10H,8-9H2,1-3H3,(H,17,19)/t10-/m0/s1. The predicted molar refractivity (Wildman–Crippen MR) is 79.2 cm³/mol. The van der Waals surface area contributed by atoms with E-state index >= 15 is 0 Å². The lowest BCUT2D eigenvalue weighted by molar-refractivity contribution is -0.157. The molecule has 0 fully saturated rings. The van der Waals surface area contributed by atoms with Crippen LogP contribution >= 0.6 is 0 Å². The molecule has 1 rings (SSSR count). The van der Waals surface area contributed by atoms with Gasteiger partial charge in [-0.2, -0.15) is 0 Å². The van der Waals surface area contributed by atoms with Crippen LogP contribution in [0.5, 0.6) is 5.75 Å². The van der Waals surface area contributed by atoms with Crippen molar-refractivity contribution < 1.29 is 28.2 Å². The third-order valence-electron chi connectivity index (χ3n) is 2.88. The van der Waals surface area contributed by atoms with Crippen LogP contribution < -0.4 is 10.1 Å². The van der Waals surface area contributed by atoms with Gasteiger partial charge < -0.3 is 19.7 Å². The third-order valence-corrected chi connectivity index (χ3v) is 2.88. The Labute approximate surface area is 133 Å². The lowest BCUT2D eigenvalue weighted by atomic mass is 10.3. The van der Waals surface area contributed by atoms with Crippen LogP contribution in [0.2, 0.25) is 0 Å². The average Bonchev–Trinajstić information content (AvgIpc) is 2.53. The van der Waals surface area contributed by atoms with Crippen molar-refractivity contribution in [1.29, 1.82) is 0 Å². The summed E-state index contributed by atoms with van der Waals surface area (Å²) in [6.07, 6.45) is -0.961. The number of benzene rings is 1. The van der Waals surface area contributed by atoms with Crippen LogP contribution in [-0.2, 0) is 19.1 Å². The Bertz CT molecular complexity index is 561. The first-order valence-corrected chi connectivity index (χ1v) is 6.87. The van der Waals surface area contributed by atoms with Gasteiger partial charge in [0, 0.05) is 14.1 Å². The Morgan fingerprint density at radius 3 is 2.43 bits per heavy atom. The number of carbonyl (C=O) groups excluding carboxylic acids is 3. The molecule has 0 bridgehead atoms. The van der Waals surface area contributed by atoms with E-state index < -0.39 is 30.4 Å². The molecule has 126 valence electrons. The molecule has 8 heteroatoms. The highest BCUT2D eigenvalue weighted by molar-refractivity contribution is 5.86. The number of rotatable bonds is 7. The topological polar surface area (TPSA) is 84.9 Å². The summed E-state index contributed by atoms with van der Waals surface area (Å²) in [4.78, 5) is 35.7. The van der Waals surface area contributed by atoms with Gasteiger partial charge in [0.25, 0.3) is 5.91 Å². The van der Waals surface area contributed by atoms with Crippen LogP contribution in [0, 0.1) is 5.82 Å². The maximum absolute atomic E-state index is 12.8.